The molecule has 4 rings (SSSR count). The Bertz CT molecular complexity index is 1150. The van der Waals surface area contributed by atoms with Crippen molar-refractivity contribution < 1.29 is 19.1 Å². The SMILES string of the molecule is COc1cc2c(cc1OC)[C@H](c1ccccc1)N(C(=O)NCCC(=O)NCc1cccnc1)CC2. The second-order valence-electron chi connectivity index (χ2n) is 8.28. The van der Waals surface area contributed by atoms with Crippen LogP contribution in [-0.4, -0.2) is 49.1 Å². The van der Waals surface area contributed by atoms with E-state index in [1.165, 1.54) is 0 Å². The molecule has 3 amide bonds. The number of benzene rings is 2. The summed E-state index contributed by atoms with van der Waals surface area (Å²) >= 11 is 0. The number of carbonyl (C=O) groups excluding carboxylic acids is 2. The summed E-state index contributed by atoms with van der Waals surface area (Å²) in [5.41, 5.74) is 4.06. The van der Waals surface area contributed by atoms with Crippen LogP contribution in [0.3, 0.4) is 0 Å². The van der Waals surface area contributed by atoms with Gasteiger partial charge in [-0.05, 0) is 46.9 Å². The Hall–Kier alpha value is -4.07. The molecule has 0 bridgehead atoms. The Morgan fingerprint density at radius 1 is 1.03 bits per heavy atom. The molecule has 2 heterocycles. The molecular formula is C27H30N4O4. The van der Waals surface area contributed by atoms with Gasteiger partial charge in [0.15, 0.2) is 11.5 Å². The van der Waals surface area contributed by atoms with Crippen LogP contribution in [0, 0.1) is 0 Å². The molecule has 1 aromatic heterocycles. The highest BCUT2D eigenvalue weighted by Crippen LogP contribution is 2.40. The quantitative estimate of drug-likeness (QED) is 0.522. The number of rotatable bonds is 8. The third-order valence-electron chi connectivity index (χ3n) is 6.09. The first kappa shape index (κ1) is 24.1. The molecule has 0 aliphatic carbocycles. The van der Waals surface area contributed by atoms with Gasteiger partial charge in [0, 0.05) is 38.4 Å². The highest BCUT2D eigenvalue weighted by Gasteiger charge is 2.33. The molecule has 1 aliphatic rings. The number of nitrogens with one attached hydrogen (secondary N) is 2. The number of urea groups is 1. The molecule has 35 heavy (non-hydrogen) atoms. The number of hydrogen-bond donors (Lipinski definition) is 2. The second kappa shape index (κ2) is 11.4. The van der Waals surface area contributed by atoms with E-state index in [-0.39, 0.29) is 30.9 Å². The summed E-state index contributed by atoms with van der Waals surface area (Å²) in [6.07, 6.45) is 4.29. The van der Waals surface area contributed by atoms with Gasteiger partial charge < -0.3 is 25.0 Å². The Balaban J connectivity index is 1.45. The van der Waals surface area contributed by atoms with Crippen LogP contribution in [0.1, 0.15) is 34.7 Å². The lowest BCUT2D eigenvalue weighted by atomic mass is 9.88. The summed E-state index contributed by atoms with van der Waals surface area (Å²) in [5.74, 6) is 1.17. The molecule has 0 fully saturated rings. The van der Waals surface area contributed by atoms with E-state index in [2.05, 4.69) is 15.6 Å². The second-order valence-corrected chi connectivity index (χ2v) is 8.28. The van der Waals surface area contributed by atoms with Crippen molar-refractivity contribution in [3.63, 3.8) is 0 Å². The first-order valence-corrected chi connectivity index (χ1v) is 11.6. The van der Waals surface area contributed by atoms with Gasteiger partial charge in [-0.25, -0.2) is 4.79 Å². The zero-order chi connectivity index (χ0) is 24.6. The number of hydrogen-bond acceptors (Lipinski definition) is 5. The van der Waals surface area contributed by atoms with Crippen molar-refractivity contribution in [3.05, 3.63) is 89.2 Å². The molecule has 8 nitrogen and oxygen atoms in total. The van der Waals surface area contributed by atoms with Crippen molar-refractivity contribution in [2.75, 3.05) is 27.3 Å². The van der Waals surface area contributed by atoms with E-state index in [1.54, 1.807) is 26.6 Å². The van der Waals surface area contributed by atoms with Crippen LogP contribution >= 0.6 is 0 Å². The Labute approximate surface area is 205 Å². The lowest BCUT2D eigenvalue weighted by Crippen LogP contribution is -2.46. The minimum absolute atomic E-state index is 0.130. The molecule has 0 saturated carbocycles. The molecule has 0 saturated heterocycles. The van der Waals surface area contributed by atoms with Crippen LogP contribution in [0.4, 0.5) is 4.79 Å². The van der Waals surface area contributed by atoms with Gasteiger partial charge in [-0.1, -0.05) is 36.4 Å². The summed E-state index contributed by atoms with van der Waals surface area (Å²) < 4.78 is 11.0. The average molecular weight is 475 g/mol. The van der Waals surface area contributed by atoms with Gasteiger partial charge in [0.2, 0.25) is 5.91 Å². The summed E-state index contributed by atoms with van der Waals surface area (Å²) in [6.45, 7) is 1.19. The van der Waals surface area contributed by atoms with Gasteiger partial charge in [-0.3, -0.25) is 9.78 Å². The fourth-order valence-electron chi connectivity index (χ4n) is 4.34. The number of nitrogens with zero attached hydrogens (tertiary/aromatic N) is 2. The molecule has 182 valence electrons. The number of ether oxygens (including phenoxy) is 2. The zero-order valence-electron chi connectivity index (χ0n) is 20.0. The molecule has 0 radical (unpaired) electrons. The highest BCUT2D eigenvalue weighted by atomic mass is 16.5. The fourth-order valence-corrected chi connectivity index (χ4v) is 4.34. The van der Waals surface area contributed by atoms with Gasteiger partial charge >= 0.3 is 6.03 Å². The lowest BCUT2D eigenvalue weighted by molar-refractivity contribution is -0.121. The van der Waals surface area contributed by atoms with Gasteiger partial charge in [-0.2, -0.15) is 0 Å². The van der Waals surface area contributed by atoms with E-state index in [0.29, 0.717) is 31.0 Å². The first-order valence-electron chi connectivity index (χ1n) is 11.6. The van der Waals surface area contributed by atoms with E-state index in [1.807, 2.05) is 59.5 Å². The average Bonchev–Trinajstić information content (AvgIpc) is 2.91. The van der Waals surface area contributed by atoms with Gasteiger partial charge in [-0.15, -0.1) is 0 Å². The predicted octanol–water partition coefficient (Wildman–Crippen LogP) is 3.46. The zero-order valence-corrected chi connectivity index (χ0v) is 20.0. The molecule has 1 atom stereocenters. The van der Waals surface area contributed by atoms with Gasteiger partial charge in [0.25, 0.3) is 0 Å². The number of fused-ring (bicyclic) bond motifs is 1. The van der Waals surface area contributed by atoms with Crippen LogP contribution < -0.4 is 20.1 Å². The van der Waals surface area contributed by atoms with E-state index in [9.17, 15) is 9.59 Å². The number of carbonyl (C=O) groups is 2. The predicted molar refractivity (Wildman–Crippen MR) is 132 cm³/mol. The molecular weight excluding hydrogens is 444 g/mol. The van der Waals surface area contributed by atoms with E-state index >= 15 is 0 Å². The minimum Gasteiger partial charge on any atom is -0.493 e. The first-order chi connectivity index (χ1) is 17.1. The third kappa shape index (κ3) is 5.71. The maximum absolute atomic E-state index is 13.2. The van der Waals surface area contributed by atoms with Crippen LogP contribution in [-0.2, 0) is 17.8 Å². The van der Waals surface area contributed by atoms with Crippen molar-refractivity contribution in [2.24, 2.45) is 0 Å². The van der Waals surface area contributed by atoms with Crippen molar-refractivity contribution >= 4 is 11.9 Å². The summed E-state index contributed by atoms with van der Waals surface area (Å²) in [7, 11) is 3.23. The molecule has 3 aromatic rings. The maximum Gasteiger partial charge on any atom is 0.318 e. The van der Waals surface area contributed by atoms with E-state index in [0.717, 1.165) is 22.3 Å². The Morgan fingerprint density at radius 3 is 2.51 bits per heavy atom. The summed E-state index contributed by atoms with van der Waals surface area (Å²) in [5, 5.41) is 5.77. The standard InChI is InChI=1S/C27H30N4O4/c1-34-23-15-21-11-14-31(26(20-8-4-3-5-9-20)22(21)16-24(23)35-2)27(33)29-13-10-25(32)30-18-19-7-6-12-28-17-19/h3-9,12,15-17,26H,10-11,13-14,18H2,1-2H3,(H,29,33)(H,30,32)/t26-/m0/s1. The minimum atomic E-state index is -0.279. The van der Waals surface area contributed by atoms with Gasteiger partial charge in [0.05, 0.1) is 20.3 Å². The fraction of sp³-hybridized carbons (Fsp3) is 0.296. The van der Waals surface area contributed by atoms with Crippen LogP contribution in [0.15, 0.2) is 67.0 Å². The van der Waals surface area contributed by atoms with Crippen molar-refractivity contribution in [2.45, 2.75) is 25.4 Å². The number of amides is 3. The highest BCUT2D eigenvalue weighted by molar-refractivity contribution is 5.79. The molecule has 0 spiro atoms. The third-order valence-corrected chi connectivity index (χ3v) is 6.09. The van der Waals surface area contributed by atoms with Crippen molar-refractivity contribution in [1.29, 1.82) is 0 Å². The topological polar surface area (TPSA) is 92.8 Å². The van der Waals surface area contributed by atoms with Gasteiger partial charge in [0.1, 0.15) is 0 Å². The molecule has 0 unspecified atom stereocenters. The monoisotopic (exact) mass is 474 g/mol. The van der Waals surface area contributed by atoms with Crippen molar-refractivity contribution in [3.8, 4) is 11.5 Å². The smallest absolute Gasteiger partial charge is 0.318 e. The Morgan fingerprint density at radius 2 is 1.80 bits per heavy atom. The van der Waals surface area contributed by atoms with Crippen LogP contribution in [0.5, 0.6) is 11.5 Å². The van der Waals surface area contributed by atoms with E-state index < -0.39 is 0 Å². The maximum atomic E-state index is 13.2. The summed E-state index contributed by atoms with van der Waals surface area (Å²) in [6, 6.07) is 17.1. The number of methoxy groups -OCH3 is 2. The Kier molecular flexibility index (Phi) is 7.82. The number of aromatic nitrogens is 1. The number of pyridine rings is 1. The molecule has 8 heteroatoms. The molecule has 2 N–H and O–H groups in total. The molecule has 2 aromatic carbocycles. The van der Waals surface area contributed by atoms with Crippen LogP contribution in [0.2, 0.25) is 0 Å². The molecule has 1 aliphatic heterocycles. The largest absolute Gasteiger partial charge is 0.493 e. The normalized spacial score (nSPS) is 14.6. The van der Waals surface area contributed by atoms with Crippen molar-refractivity contribution in [1.82, 2.24) is 20.5 Å². The van der Waals surface area contributed by atoms with E-state index in [4.69, 9.17) is 9.47 Å². The summed E-state index contributed by atoms with van der Waals surface area (Å²) in [4.78, 5) is 31.3. The van der Waals surface area contributed by atoms with Crippen LogP contribution in [0.25, 0.3) is 0 Å². The lowest BCUT2D eigenvalue weighted by Gasteiger charge is -2.38.